The lowest BCUT2D eigenvalue weighted by atomic mass is 10.2. The highest BCUT2D eigenvalue weighted by atomic mass is 79.9. The van der Waals surface area contributed by atoms with E-state index < -0.39 is 5.91 Å². The lowest BCUT2D eigenvalue weighted by Gasteiger charge is -2.08. The maximum absolute atomic E-state index is 12.0. The number of carbonyl (C=O) groups is 1. The van der Waals surface area contributed by atoms with Gasteiger partial charge in [0.1, 0.15) is 11.6 Å². The van der Waals surface area contributed by atoms with Gasteiger partial charge < -0.3 is 16.2 Å². The number of aromatic nitrogens is 1. The number of nitrogen functional groups attached to an aromatic ring is 1. The van der Waals surface area contributed by atoms with Gasteiger partial charge in [0.2, 0.25) is 0 Å². The van der Waals surface area contributed by atoms with Crippen LogP contribution in [-0.2, 0) is 0 Å². The molecule has 2 rings (SSSR count). The minimum Gasteiger partial charge on any atom is -0.507 e. The van der Waals surface area contributed by atoms with Crippen LogP contribution in [0.4, 0.5) is 11.5 Å². The van der Waals surface area contributed by atoms with Crippen LogP contribution in [0.5, 0.6) is 5.75 Å². The van der Waals surface area contributed by atoms with Crippen LogP contribution < -0.4 is 11.1 Å². The first kappa shape index (κ1) is 13.4. The van der Waals surface area contributed by atoms with Gasteiger partial charge in [0.05, 0.1) is 17.4 Å². The number of aromatic hydroxyl groups is 1. The van der Waals surface area contributed by atoms with Crippen molar-refractivity contribution in [2.45, 2.75) is 6.92 Å². The van der Waals surface area contributed by atoms with Crippen molar-refractivity contribution in [3.8, 4) is 5.75 Å². The Balaban J connectivity index is 2.23. The van der Waals surface area contributed by atoms with E-state index in [1.807, 2.05) is 6.92 Å². The van der Waals surface area contributed by atoms with Gasteiger partial charge >= 0.3 is 0 Å². The molecule has 0 fully saturated rings. The van der Waals surface area contributed by atoms with E-state index in [-0.39, 0.29) is 11.3 Å². The molecular weight excluding hydrogens is 310 g/mol. The Morgan fingerprint density at radius 3 is 2.79 bits per heavy atom. The van der Waals surface area contributed by atoms with Crippen LogP contribution in [0.1, 0.15) is 15.9 Å². The van der Waals surface area contributed by atoms with E-state index in [4.69, 9.17) is 5.73 Å². The molecule has 0 atom stereocenters. The van der Waals surface area contributed by atoms with Crippen LogP contribution in [0.15, 0.2) is 34.9 Å². The van der Waals surface area contributed by atoms with Gasteiger partial charge in [-0.2, -0.15) is 0 Å². The Morgan fingerprint density at radius 1 is 1.42 bits per heavy atom. The molecule has 98 valence electrons. The lowest BCUT2D eigenvalue weighted by Crippen LogP contribution is -2.13. The van der Waals surface area contributed by atoms with Crippen LogP contribution in [0.25, 0.3) is 0 Å². The molecule has 0 radical (unpaired) electrons. The number of hydrogen-bond donors (Lipinski definition) is 3. The molecule has 5 nitrogen and oxygen atoms in total. The molecule has 0 aliphatic carbocycles. The number of benzene rings is 1. The summed E-state index contributed by atoms with van der Waals surface area (Å²) in [6, 6.07) is 6.33. The van der Waals surface area contributed by atoms with Crippen LogP contribution >= 0.6 is 15.9 Å². The van der Waals surface area contributed by atoms with Crippen molar-refractivity contribution in [2.24, 2.45) is 0 Å². The van der Waals surface area contributed by atoms with E-state index in [9.17, 15) is 9.90 Å². The Hall–Kier alpha value is -2.08. The summed E-state index contributed by atoms with van der Waals surface area (Å²) in [7, 11) is 0. The predicted molar refractivity (Wildman–Crippen MR) is 77.1 cm³/mol. The Labute approximate surface area is 118 Å². The lowest BCUT2D eigenvalue weighted by molar-refractivity contribution is 0.102. The third kappa shape index (κ3) is 3.03. The van der Waals surface area contributed by atoms with E-state index in [1.165, 1.54) is 18.3 Å². The number of rotatable bonds is 2. The van der Waals surface area contributed by atoms with Crippen LogP contribution in [-0.4, -0.2) is 16.0 Å². The maximum atomic E-state index is 12.0. The van der Waals surface area contributed by atoms with Crippen LogP contribution in [0, 0.1) is 6.92 Å². The van der Waals surface area contributed by atoms with E-state index >= 15 is 0 Å². The second-order valence-corrected chi connectivity index (χ2v) is 4.96. The molecule has 2 aromatic rings. The summed E-state index contributed by atoms with van der Waals surface area (Å²) >= 11 is 3.21. The molecule has 0 aliphatic heterocycles. The number of anilines is 2. The molecule has 1 aromatic carbocycles. The first-order valence-corrected chi connectivity index (χ1v) is 6.28. The topological polar surface area (TPSA) is 88.2 Å². The third-order valence-corrected chi connectivity index (χ3v) is 3.09. The van der Waals surface area contributed by atoms with E-state index in [2.05, 4.69) is 26.2 Å². The van der Waals surface area contributed by atoms with E-state index in [0.29, 0.717) is 16.0 Å². The van der Waals surface area contributed by atoms with Gasteiger partial charge in [0, 0.05) is 4.47 Å². The second kappa shape index (κ2) is 5.27. The number of phenols is 1. The molecule has 0 aliphatic rings. The Morgan fingerprint density at radius 2 is 2.16 bits per heavy atom. The number of pyridine rings is 1. The molecule has 6 heteroatoms. The molecule has 1 aromatic heterocycles. The summed E-state index contributed by atoms with van der Waals surface area (Å²) < 4.78 is 0.697. The molecule has 0 spiro atoms. The quantitative estimate of drug-likeness (QED) is 0.793. The third-order valence-electron chi connectivity index (χ3n) is 2.60. The number of hydrogen-bond acceptors (Lipinski definition) is 4. The molecule has 19 heavy (non-hydrogen) atoms. The smallest absolute Gasteiger partial charge is 0.260 e. The van der Waals surface area contributed by atoms with Crippen molar-refractivity contribution in [1.29, 1.82) is 0 Å². The number of aryl methyl sites for hydroxylation is 1. The summed E-state index contributed by atoms with van der Waals surface area (Å²) in [5.74, 6) is -0.139. The van der Waals surface area contributed by atoms with E-state index in [1.54, 1.807) is 12.1 Å². The fourth-order valence-electron chi connectivity index (χ4n) is 1.52. The molecule has 0 saturated heterocycles. The fourth-order valence-corrected chi connectivity index (χ4v) is 1.86. The number of nitrogens with two attached hydrogens (primary N) is 1. The maximum Gasteiger partial charge on any atom is 0.260 e. The van der Waals surface area contributed by atoms with Gasteiger partial charge in [-0.25, -0.2) is 4.98 Å². The zero-order valence-electron chi connectivity index (χ0n) is 10.1. The fraction of sp³-hybridized carbons (Fsp3) is 0.0769. The number of halogens is 1. The van der Waals surface area contributed by atoms with Crippen LogP contribution in [0.3, 0.4) is 0 Å². The highest BCUT2D eigenvalue weighted by Crippen LogP contribution is 2.23. The van der Waals surface area contributed by atoms with Crippen molar-refractivity contribution in [3.05, 3.63) is 46.1 Å². The molecule has 4 N–H and O–H groups in total. The zero-order chi connectivity index (χ0) is 14.0. The van der Waals surface area contributed by atoms with Crippen molar-refractivity contribution in [2.75, 3.05) is 11.1 Å². The van der Waals surface area contributed by atoms with Crippen molar-refractivity contribution < 1.29 is 9.90 Å². The zero-order valence-corrected chi connectivity index (χ0v) is 11.7. The van der Waals surface area contributed by atoms with Gasteiger partial charge in [0.25, 0.3) is 5.91 Å². The standard InChI is InChI=1S/C13H12BrN3O2/c1-7-4-12(16-6-10(7)15)17-13(19)9-3-2-8(14)5-11(9)18/h2-6,18H,15H2,1H3,(H,16,17,19). The average Bonchev–Trinajstić information content (AvgIpc) is 2.33. The molecule has 0 saturated carbocycles. The highest BCUT2D eigenvalue weighted by molar-refractivity contribution is 9.10. The van der Waals surface area contributed by atoms with Crippen LogP contribution in [0.2, 0.25) is 0 Å². The normalized spacial score (nSPS) is 10.2. The molecule has 1 amide bonds. The summed E-state index contributed by atoms with van der Waals surface area (Å²) in [5.41, 5.74) is 7.22. The number of nitrogens with zero attached hydrogens (tertiary/aromatic N) is 1. The number of nitrogens with one attached hydrogen (secondary N) is 1. The van der Waals surface area contributed by atoms with Crippen molar-refractivity contribution in [1.82, 2.24) is 4.98 Å². The first-order chi connectivity index (χ1) is 8.97. The van der Waals surface area contributed by atoms with Gasteiger partial charge in [-0.3, -0.25) is 4.79 Å². The summed E-state index contributed by atoms with van der Waals surface area (Å²) in [6.45, 7) is 1.82. The van der Waals surface area contributed by atoms with E-state index in [0.717, 1.165) is 5.56 Å². The predicted octanol–water partition coefficient (Wildman–Crippen LogP) is 2.69. The van der Waals surface area contributed by atoms with Crippen molar-refractivity contribution >= 4 is 33.3 Å². The Kier molecular flexibility index (Phi) is 3.71. The monoisotopic (exact) mass is 321 g/mol. The molecule has 0 unspecified atom stereocenters. The minimum atomic E-state index is -0.429. The van der Waals surface area contributed by atoms with Gasteiger partial charge in [-0.05, 0) is 36.8 Å². The van der Waals surface area contributed by atoms with Gasteiger partial charge in [-0.15, -0.1) is 0 Å². The number of phenolic OH excluding ortho intramolecular Hbond substituents is 1. The molecular formula is C13H12BrN3O2. The number of carbonyl (C=O) groups excluding carboxylic acids is 1. The SMILES string of the molecule is Cc1cc(NC(=O)c2ccc(Br)cc2O)ncc1N. The first-order valence-electron chi connectivity index (χ1n) is 5.49. The molecule has 1 heterocycles. The Bertz CT molecular complexity index is 644. The summed E-state index contributed by atoms with van der Waals surface area (Å²) in [4.78, 5) is 16.0. The molecule has 0 bridgehead atoms. The highest BCUT2D eigenvalue weighted by Gasteiger charge is 2.12. The summed E-state index contributed by atoms with van der Waals surface area (Å²) in [5, 5.41) is 12.3. The largest absolute Gasteiger partial charge is 0.507 e. The number of amides is 1. The second-order valence-electron chi connectivity index (χ2n) is 4.04. The van der Waals surface area contributed by atoms with Crippen molar-refractivity contribution in [3.63, 3.8) is 0 Å². The summed E-state index contributed by atoms with van der Waals surface area (Å²) in [6.07, 6.45) is 1.48. The average molecular weight is 322 g/mol. The minimum absolute atomic E-state index is 0.0981. The van der Waals surface area contributed by atoms with Gasteiger partial charge in [-0.1, -0.05) is 15.9 Å². The van der Waals surface area contributed by atoms with Gasteiger partial charge in [0.15, 0.2) is 0 Å².